The van der Waals surface area contributed by atoms with Crippen LogP contribution in [-0.2, 0) is 0 Å². The number of hydrogen-bond donors (Lipinski definition) is 4. The van der Waals surface area contributed by atoms with Crippen molar-refractivity contribution in [2.24, 2.45) is 16.6 Å². The van der Waals surface area contributed by atoms with Crippen molar-refractivity contribution in [3.8, 4) is 0 Å². The van der Waals surface area contributed by atoms with Gasteiger partial charge in [-0.3, -0.25) is 4.99 Å². The summed E-state index contributed by atoms with van der Waals surface area (Å²) in [5.41, 5.74) is 14.9. The Morgan fingerprint density at radius 2 is 1.78 bits per heavy atom. The van der Waals surface area contributed by atoms with Gasteiger partial charge < -0.3 is 27.0 Å². The summed E-state index contributed by atoms with van der Waals surface area (Å²) in [6, 6.07) is 12.5. The molecule has 1 saturated heterocycles. The number of nitrogen functional groups attached to an aromatic ring is 1. The Bertz CT molecular complexity index is 938. The van der Waals surface area contributed by atoms with Crippen LogP contribution < -0.4 is 27.0 Å². The van der Waals surface area contributed by atoms with E-state index in [1.807, 2.05) is 41.3 Å². The maximum Gasteiger partial charge on any atom is 0.391 e. The van der Waals surface area contributed by atoms with Crippen LogP contribution in [0.1, 0.15) is 18.4 Å². The third kappa shape index (κ3) is 6.53. The molecule has 2 aromatic carbocycles. The van der Waals surface area contributed by atoms with E-state index in [0.717, 1.165) is 22.6 Å². The number of nitrogens with one attached hydrogen (secondary N) is 2. The van der Waals surface area contributed by atoms with Crippen molar-refractivity contribution in [2.75, 3.05) is 42.1 Å². The third-order valence-corrected chi connectivity index (χ3v) is 5.34. The minimum absolute atomic E-state index is 0.123. The number of nitrogens with zero attached hydrogens (tertiary/aromatic N) is 2. The van der Waals surface area contributed by atoms with E-state index in [1.165, 1.54) is 0 Å². The lowest BCUT2D eigenvalue weighted by molar-refractivity contribution is -0.179. The number of nitrogens with two attached hydrogens (primary N) is 2. The van der Waals surface area contributed by atoms with Crippen molar-refractivity contribution in [2.45, 2.75) is 19.0 Å². The van der Waals surface area contributed by atoms with E-state index in [-0.39, 0.29) is 12.8 Å². The molecule has 1 aliphatic heterocycles. The van der Waals surface area contributed by atoms with Gasteiger partial charge in [-0.15, -0.1) is 0 Å². The van der Waals surface area contributed by atoms with Crippen molar-refractivity contribution in [1.29, 1.82) is 0 Å². The maximum atomic E-state index is 12.9. The van der Waals surface area contributed by atoms with Crippen LogP contribution in [0.25, 0.3) is 0 Å². The van der Waals surface area contributed by atoms with Gasteiger partial charge in [0, 0.05) is 54.2 Å². The van der Waals surface area contributed by atoms with E-state index in [0.29, 0.717) is 31.9 Å². The summed E-state index contributed by atoms with van der Waals surface area (Å²) in [4.78, 5) is 16.9. The second kappa shape index (κ2) is 10.3. The smallest absolute Gasteiger partial charge is 0.391 e. The van der Waals surface area contributed by atoms with Gasteiger partial charge in [-0.2, -0.15) is 13.2 Å². The Morgan fingerprint density at radius 3 is 2.41 bits per heavy atom. The minimum atomic E-state index is -4.11. The zero-order valence-electron chi connectivity index (χ0n) is 17.5. The van der Waals surface area contributed by atoms with E-state index >= 15 is 0 Å². The van der Waals surface area contributed by atoms with Crippen LogP contribution >= 0.6 is 0 Å². The highest BCUT2D eigenvalue weighted by Crippen LogP contribution is 2.35. The summed E-state index contributed by atoms with van der Waals surface area (Å²) < 4.78 is 38.6. The number of primary amides is 1. The fourth-order valence-electron chi connectivity index (χ4n) is 3.56. The Morgan fingerprint density at radius 1 is 1.12 bits per heavy atom. The lowest BCUT2D eigenvalue weighted by atomic mass is 9.96. The second-order valence-corrected chi connectivity index (χ2v) is 7.64. The maximum absolute atomic E-state index is 12.9. The first-order valence-electron chi connectivity index (χ1n) is 10.3. The van der Waals surface area contributed by atoms with Crippen molar-refractivity contribution in [1.82, 2.24) is 5.32 Å². The molecular weight excluding hydrogens is 421 g/mol. The van der Waals surface area contributed by atoms with Crippen molar-refractivity contribution in [3.63, 3.8) is 0 Å². The largest absolute Gasteiger partial charge is 0.398 e. The standard InChI is InChI=1S/C22H27F3N6O/c23-22(24,25)16-7-11-31(12-8-16)19-4-1-17(2-5-19)30-18-3-6-20(26)15(13-18)14-28-9-10-29-21(27)32/h1-6,13-14,16,30H,7-12,26H2,(H3,27,29,32). The van der Waals surface area contributed by atoms with Crippen LogP contribution in [0.3, 0.4) is 0 Å². The van der Waals surface area contributed by atoms with Gasteiger partial charge in [0.2, 0.25) is 0 Å². The zero-order valence-corrected chi connectivity index (χ0v) is 17.5. The van der Waals surface area contributed by atoms with E-state index in [1.54, 1.807) is 12.3 Å². The quantitative estimate of drug-likeness (QED) is 0.293. The summed E-state index contributed by atoms with van der Waals surface area (Å²) in [5, 5.41) is 5.74. The molecule has 1 heterocycles. The molecule has 0 aliphatic carbocycles. The molecule has 10 heteroatoms. The highest BCUT2D eigenvalue weighted by molar-refractivity contribution is 5.89. The molecule has 0 atom stereocenters. The number of hydrogen-bond acceptors (Lipinski definition) is 5. The monoisotopic (exact) mass is 448 g/mol. The van der Waals surface area contributed by atoms with Gasteiger partial charge in [-0.25, -0.2) is 4.79 Å². The summed E-state index contributed by atoms with van der Waals surface area (Å²) in [6.07, 6.45) is -2.23. The number of anilines is 4. The average molecular weight is 448 g/mol. The van der Waals surface area contributed by atoms with Gasteiger partial charge in [0.15, 0.2) is 0 Å². The SMILES string of the molecule is NC(=O)NCCN=Cc1cc(Nc2ccc(N3CCC(C(F)(F)F)CC3)cc2)ccc1N. The first-order chi connectivity index (χ1) is 15.2. The molecule has 0 unspecified atom stereocenters. The Balaban J connectivity index is 1.57. The van der Waals surface area contributed by atoms with E-state index in [2.05, 4.69) is 15.6 Å². The second-order valence-electron chi connectivity index (χ2n) is 7.64. The number of halogens is 3. The molecule has 2 aromatic rings. The number of benzene rings is 2. The van der Waals surface area contributed by atoms with Gasteiger partial charge >= 0.3 is 12.2 Å². The lowest BCUT2D eigenvalue weighted by Gasteiger charge is -2.34. The van der Waals surface area contributed by atoms with Crippen molar-refractivity contribution in [3.05, 3.63) is 48.0 Å². The highest BCUT2D eigenvalue weighted by Gasteiger charge is 2.41. The molecule has 1 fully saturated rings. The van der Waals surface area contributed by atoms with E-state index < -0.39 is 18.1 Å². The topological polar surface area (TPSA) is 109 Å². The molecule has 0 saturated carbocycles. The summed E-state index contributed by atoms with van der Waals surface area (Å²) in [5.74, 6) is -1.21. The molecule has 172 valence electrons. The van der Waals surface area contributed by atoms with Crippen LogP contribution in [0.15, 0.2) is 47.5 Å². The number of urea groups is 1. The molecule has 32 heavy (non-hydrogen) atoms. The van der Waals surface area contributed by atoms with Gasteiger partial charge in [0.25, 0.3) is 0 Å². The number of rotatable bonds is 7. The Kier molecular flexibility index (Phi) is 7.45. The summed E-state index contributed by atoms with van der Waals surface area (Å²) in [6.45, 7) is 1.50. The van der Waals surface area contributed by atoms with Gasteiger partial charge in [-0.1, -0.05) is 0 Å². The Labute approximate surface area is 184 Å². The third-order valence-electron chi connectivity index (χ3n) is 5.34. The molecule has 3 rings (SSSR count). The molecule has 7 nitrogen and oxygen atoms in total. The first-order valence-corrected chi connectivity index (χ1v) is 10.3. The fraction of sp³-hybridized carbons (Fsp3) is 0.364. The molecular formula is C22H27F3N6O. The van der Waals surface area contributed by atoms with Gasteiger partial charge in [-0.05, 0) is 55.3 Å². The molecule has 0 radical (unpaired) electrons. The number of aliphatic imine (C=N–C) groups is 1. The van der Waals surface area contributed by atoms with Crippen LogP contribution in [0.4, 0.5) is 40.7 Å². The van der Waals surface area contributed by atoms with Gasteiger partial charge in [0.05, 0.1) is 12.5 Å². The molecule has 6 N–H and O–H groups in total. The van der Waals surface area contributed by atoms with Crippen LogP contribution in [0, 0.1) is 5.92 Å². The predicted molar refractivity (Wildman–Crippen MR) is 122 cm³/mol. The fourth-order valence-corrected chi connectivity index (χ4v) is 3.56. The molecule has 1 aliphatic rings. The van der Waals surface area contributed by atoms with Gasteiger partial charge in [0.1, 0.15) is 0 Å². The number of amides is 2. The molecule has 2 amide bonds. The molecule has 0 aromatic heterocycles. The normalized spacial score (nSPS) is 15.2. The number of piperidine rings is 1. The zero-order chi connectivity index (χ0) is 23.1. The van der Waals surface area contributed by atoms with Crippen molar-refractivity contribution >= 4 is 35.0 Å². The number of alkyl halides is 3. The average Bonchev–Trinajstić information content (AvgIpc) is 2.75. The van der Waals surface area contributed by atoms with Crippen LogP contribution in [0.2, 0.25) is 0 Å². The number of carbonyl (C=O) groups is 1. The van der Waals surface area contributed by atoms with E-state index in [9.17, 15) is 18.0 Å². The first kappa shape index (κ1) is 23.2. The number of carbonyl (C=O) groups excluding carboxylic acids is 1. The molecule has 0 spiro atoms. The van der Waals surface area contributed by atoms with E-state index in [4.69, 9.17) is 11.5 Å². The lowest BCUT2D eigenvalue weighted by Crippen LogP contribution is -2.38. The minimum Gasteiger partial charge on any atom is -0.398 e. The summed E-state index contributed by atoms with van der Waals surface area (Å²) >= 11 is 0. The summed E-state index contributed by atoms with van der Waals surface area (Å²) in [7, 11) is 0. The molecule has 0 bridgehead atoms. The van der Waals surface area contributed by atoms with Crippen molar-refractivity contribution < 1.29 is 18.0 Å². The predicted octanol–water partition coefficient (Wildman–Crippen LogP) is 3.88. The van der Waals surface area contributed by atoms with Crippen LogP contribution in [-0.4, -0.2) is 44.6 Å². The van der Waals surface area contributed by atoms with Crippen LogP contribution in [0.5, 0.6) is 0 Å². The Hall–Kier alpha value is -3.43. The highest BCUT2D eigenvalue weighted by atomic mass is 19.4.